The number of carboxylic acids is 1. The molecule has 2 rings (SSSR count). The highest BCUT2D eigenvalue weighted by Crippen LogP contribution is 2.34. The number of rotatable bonds is 5. The molecule has 1 unspecified atom stereocenters. The zero-order valence-electron chi connectivity index (χ0n) is 11.0. The lowest BCUT2D eigenvalue weighted by Gasteiger charge is -2.22. The SMILES string of the molecule is COc1ccc(S(=O)(=O)N2CCC(OC)(C(=O)O)C2)s1. The largest absolute Gasteiger partial charge is 0.487 e. The van der Waals surface area contributed by atoms with Crippen LogP contribution in [0.4, 0.5) is 0 Å². The lowest BCUT2D eigenvalue weighted by atomic mass is 10.0. The molecule has 1 aliphatic rings. The molecule has 1 saturated heterocycles. The molecular weight excluding hydrogens is 306 g/mol. The van der Waals surface area contributed by atoms with Gasteiger partial charge in [-0.2, -0.15) is 4.31 Å². The van der Waals surface area contributed by atoms with E-state index in [1.807, 2.05) is 0 Å². The van der Waals surface area contributed by atoms with Gasteiger partial charge in [-0.25, -0.2) is 13.2 Å². The Morgan fingerprint density at radius 1 is 1.45 bits per heavy atom. The third-order valence-electron chi connectivity index (χ3n) is 3.33. The number of aliphatic carboxylic acids is 1. The van der Waals surface area contributed by atoms with Gasteiger partial charge in [-0.3, -0.25) is 0 Å². The minimum Gasteiger partial charge on any atom is -0.487 e. The Kier molecular flexibility index (Phi) is 4.05. The predicted molar refractivity (Wildman–Crippen MR) is 71.6 cm³/mol. The molecule has 1 aromatic heterocycles. The van der Waals surface area contributed by atoms with E-state index in [1.165, 1.54) is 20.3 Å². The van der Waals surface area contributed by atoms with Gasteiger partial charge in [-0.1, -0.05) is 11.3 Å². The first-order valence-electron chi connectivity index (χ1n) is 5.78. The van der Waals surface area contributed by atoms with Gasteiger partial charge in [-0.15, -0.1) is 0 Å². The molecule has 7 nitrogen and oxygen atoms in total. The molecule has 1 aliphatic heterocycles. The molecule has 0 radical (unpaired) electrons. The quantitative estimate of drug-likeness (QED) is 0.854. The van der Waals surface area contributed by atoms with Crippen molar-refractivity contribution in [3.8, 4) is 5.06 Å². The maximum atomic E-state index is 12.4. The molecule has 1 atom stereocenters. The van der Waals surface area contributed by atoms with Crippen LogP contribution >= 0.6 is 11.3 Å². The van der Waals surface area contributed by atoms with Gasteiger partial charge in [0.1, 0.15) is 4.21 Å². The summed E-state index contributed by atoms with van der Waals surface area (Å²) in [4.78, 5) is 11.3. The second kappa shape index (κ2) is 5.32. The van der Waals surface area contributed by atoms with Gasteiger partial charge in [0.05, 0.1) is 13.7 Å². The fourth-order valence-corrected chi connectivity index (χ4v) is 4.80. The van der Waals surface area contributed by atoms with E-state index >= 15 is 0 Å². The van der Waals surface area contributed by atoms with E-state index in [0.717, 1.165) is 15.6 Å². The van der Waals surface area contributed by atoms with E-state index < -0.39 is 21.6 Å². The highest BCUT2D eigenvalue weighted by atomic mass is 32.2. The Hall–Kier alpha value is -1.16. The molecule has 0 aromatic carbocycles. The number of carbonyl (C=O) groups is 1. The molecule has 0 saturated carbocycles. The fourth-order valence-electron chi connectivity index (χ4n) is 2.06. The van der Waals surface area contributed by atoms with Crippen molar-refractivity contribution < 1.29 is 27.8 Å². The first kappa shape index (κ1) is 15.2. The Morgan fingerprint density at radius 3 is 2.60 bits per heavy atom. The van der Waals surface area contributed by atoms with E-state index in [0.29, 0.717) is 5.06 Å². The zero-order chi connectivity index (χ0) is 15.0. The van der Waals surface area contributed by atoms with Crippen molar-refractivity contribution in [3.63, 3.8) is 0 Å². The van der Waals surface area contributed by atoms with Crippen LogP contribution in [-0.2, 0) is 19.6 Å². The molecule has 0 aliphatic carbocycles. The molecule has 9 heteroatoms. The first-order chi connectivity index (χ1) is 9.35. The Labute approximate surface area is 120 Å². The Bertz CT molecular complexity index is 610. The number of ether oxygens (including phenoxy) is 2. The maximum absolute atomic E-state index is 12.4. The summed E-state index contributed by atoms with van der Waals surface area (Å²) in [6.07, 6.45) is 0.126. The highest BCUT2D eigenvalue weighted by molar-refractivity contribution is 7.91. The van der Waals surface area contributed by atoms with Gasteiger partial charge in [0.15, 0.2) is 10.7 Å². The summed E-state index contributed by atoms with van der Waals surface area (Å²) in [7, 11) is -0.981. The molecule has 1 N–H and O–H groups in total. The number of methoxy groups -OCH3 is 2. The van der Waals surface area contributed by atoms with Crippen molar-refractivity contribution in [2.45, 2.75) is 16.2 Å². The smallest absolute Gasteiger partial charge is 0.337 e. The molecule has 0 spiro atoms. The number of nitrogens with zero attached hydrogens (tertiary/aromatic N) is 1. The van der Waals surface area contributed by atoms with Crippen molar-refractivity contribution in [1.82, 2.24) is 4.31 Å². The average Bonchev–Trinajstić information content (AvgIpc) is 3.06. The van der Waals surface area contributed by atoms with E-state index in [-0.39, 0.29) is 23.7 Å². The molecule has 112 valence electrons. The first-order valence-corrected chi connectivity index (χ1v) is 8.04. The van der Waals surface area contributed by atoms with Crippen molar-refractivity contribution in [3.05, 3.63) is 12.1 Å². The molecule has 1 fully saturated rings. The topological polar surface area (TPSA) is 93.1 Å². The lowest BCUT2D eigenvalue weighted by molar-refractivity contribution is -0.160. The molecule has 1 aromatic rings. The van der Waals surface area contributed by atoms with Crippen LogP contribution in [0.25, 0.3) is 0 Å². The number of hydrogen-bond acceptors (Lipinski definition) is 6. The van der Waals surface area contributed by atoms with Crippen LogP contribution in [-0.4, -0.2) is 56.7 Å². The van der Waals surface area contributed by atoms with Gasteiger partial charge < -0.3 is 14.6 Å². The zero-order valence-corrected chi connectivity index (χ0v) is 12.7. The van der Waals surface area contributed by atoms with Crippen molar-refractivity contribution in [2.24, 2.45) is 0 Å². The fraction of sp³-hybridized carbons (Fsp3) is 0.545. The summed E-state index contributed by atoms with van der Waals surface area (Å²) >= 11 is 1.00. The minimum atomic E-state index is -3.71. The van der Waals surface area contributed by atoms with Crippen LogP contribution in [0.1, 0.15) is 6.42 Å². The average molecular weight is 321 g/mol. The number of carboxylic acid groups (broad SMARTS) is 1. The molecule has 20 heavy (non-hydrogen) atoms. The third kappa shape index (κ3) is 2.41. The summed E-state index contributed by atoms with van der Waals surface area (Å²) in [5.74, 6) is -1.15. The second-order valence-electron chi connectivity index (χ2n) is 4.37. The number of hydrogen-bond donors (Lipinski definition) is 1. The van der Waals surface area contributed by atoms with E-state index in [2.05, 4.69) is 0 Å². The van der Waals surface area contributed by atoms with Crippen LogP contribution in [0.5, 0.6) is 5.06 Å². The van der Waals surface area contributed by atoms with Gasteiger partial charge in [0.2, 0.25) is 0 Å². The van der Waals surface area contributed by atoms with E-state index in [1.54, 1.807) is 6.07 Å². The molecule has 0 bridgehead atoms. The summed E-state index contributed by atoms with van der Waals surface area (Å²) < 4.78 is 36.1. The molecule has 0 amide bonds. The van der Waals surface area contributed by atoms with Crippen LogP contribution in [0.2, 0.25) is 0 Å². The van der Waals surface area contributed by atoms with Crippen LogP contribution < -0.4 is 4.74 Å². The third-order valence-corrected chi connectivity index (χ3v) is 6.69. The van der Waals surface area contributed by atoms with E-state index in [9.17, 15) is 18.3 Å². The summed E-state index contributed by atoms with van der Waals surface area (Å²) in [5.41, 5.74) is -1.46. The van der Waals surface area contributed by atoms with Gasteiger partial charge in [0, 0.05) is 20.1 Å². The summed E-state index contributed by atoms with van der Waals surface area (Å²) in [5, 5.41) is 9.68. The van der Waals surface area contributed by atoms with Crippen molar-refractivity contribution in [1.29, 1.82) is 0 Å². The van der Waals surface area contributed by atoms with Gasteiger partial charge in [0.25, 0.3) is 10.0 Å². The number of sulfonamides is 1. The normalized spacial score (nSPS) is 23.9. The maximum Gasteiger partial charge on any atom is 0.337 e. The summed E-state index contributed by atoms with van der Waals surface area (Å²) in [6, 6.07) is 3.01. The number of thiophene rings is 1. The standard InChI is InChI=1S/C11H15NO6S2/c1-17-8-3-4-9(19-8)20(15,16)12-6-5-11(7-12,18-2)10(13)14/h3-4H,5-7H2,1-2H3,(H,13,14). The minimum absolute atomic E-state index is 0.114. The highest BCUT2D eigenvalue weighted by Gasteiger charge is 2.49. The lowest BCUT2D eigenvalue weighted by Crippen LogP contribution is -2.44. The van der Waals surface area contributed by atoms with Crippen LogP contribution in [0, 0.1) is 0 Å². The van der Waals surface area contributed by atoms with Crippen LogP contribution in [0.15, 0.2) is 16.3 Å². The van der Waals surface area contributed by atoms with Crippen molar-refractivity contribution in [2.75, 3.05) is 27.3 Å². The van der Waals surface area contributed by atoms with Crippen molar-refractivity contribution >= 4 is 27.3 Å². The summed E-state index contributed by atoms with van der Waals surface area (Å²) in [6.45, 7) is -0.0793. The van der Waals surface area contributed by atoms with E-state index in [4.69, 9.17) is 9.47 Å². The van der Waals surface area contributed by atoms with Crippen LogP contribution in [0.3, 0.4) is 0 Å². The van der Waals surface area contributed by atoms with Gasteiger partial charge >= 0.3 is 5.97 Å². The second-order valence-corrected chi connectivity index (χ2v) is 7.58. The predicted octanol–water partition coefficient (Wildman–Crippen LogP) is 0.621. The van der Waals surface area contributed by atoms with Gasteiger partial charge in [-0.05, 0) is 12.1 Å². The monoisotopic (exact) mass is 321 g/mol. The molecular formula is C11H15NO6S2. The molecule has 2 heterocycles. The Morgan fingerprint density at radius 2 is 2.15 bits per heavy atom. The Balaban J connectivity index is 2.26.